The average Bonchev–Trinajstić information content (AvgIpc) is 2.47. The lowest BCUT2D eigenvalue weighted by Gasteiger charge is -2.18. The fourth-order valence-electron chi connectivity index (χ4n) is 2.11. The molecule has 1 aliphatic rings. The lowest BCUT2D eigenvalue weighted by Crippen LogP contribution is -2.27. The zero-order chi connectivity index (χ0) is 12.3. The third-order valence-corrected chi connectivity index (χ3v) is 3.03. The standard InChI is InChI=1S/C13H17FN2O/c1-9-7-10(14)4-5-12(9)16-11-3-2-6-15-13(17)8-11/h4-5,7,11,16H,2-3,6,8H2,1H3,(H,15,17). The SMILES string of the molecule is Cc1cc(F)ccc1NC1CCCNC(=O)C1. The average molecular weight is 236 g/mol. The van der Waals surface area contributed by atoms with Crippen molar-refractivity contribution in [1.82, 2.24) is 5.32 Å². The maximum atomic E-state index is 13.0. The van der Waals surface area contributed by atoms with Gasteiger partial charge in [-0.15, -0.1) is 0 Å². The molecule has 1 fully saturated rings. The number of halogens is 1. The molecule has 0 spiro atoms. The predicted molar refractivity (Wildman–Crippen MR) is 65.4 cm³/mol. The largest absolute Gasteiger partial charge is 0.382 e. The molecule has 1 aromatic rings. The van der Waals surface area contributed by atoms with E-state index in [1.165, 1.54) is 12.1 Å². The summed E-state index contributed by atoms with van der Waals surface area (Å²) in [4.78, 5) is 11.4. The topological polar surface area (TPSA) is 41.1 Å². The van der Waals surface area contributed by atoms with Crippen molar-refractivity contribution in [2.45, 2.75) is 32.2 Å². The van der Waals surface area contributed by atoms with Crippen LogP contribution in [0.3, 0.4) is 0 Å². The molecular formula is C13H17FN2O. The van der Waals surface area contributed by atoms with E-state index in [-0.39, 0.29) is 17.8 Å². The zero-order valence-corrected chi connectivity index (χ0v) is 9.92. The van der Waals surface area contributed by atoms with Gasteiger partial charge in [-0.05, 0) is 43.5 Å². The van der Waals surface area contributed by atoms with Crippen LogP contribution in [0.25, 0.3) is 0 Å². The Morgan fingerprint density at radius 2 is 2.29 bits per heavy atom. The van der Waals surface area contributed by atoms with Gasteiger partial charge in [0.15, 0.2) is 0 Å². The number of rotatable bonds is 2. The smallest absolute Gasteiger partial charge is 0.222 e. The number of aryl methyl sites for hydroxylation is 1. The number of hydrogen-bond donors (Lipinski definition) is 2. The summed E-state index contributed by atoms with van der Waals surface area (Å²) in [6.45, 7) is 2.61. The van der Waals surface area contributed by atoms with Crippen molar-refractivity contribution in [3.8, 4) is 0 Å². The monoisotopic (exact) mass is 236 g/mol. The summed E-state index contributed by atoms with van der Waals surface area (Å²) in [7, 11) is 0. The maximum Gasteiger partial charge on any atom is 0.222 e. The highest BCUT2D eigenvalue weighted by molar-refractivity contribution is 5.77. The first-order valence-electron chi connectivity index (χ1n) is 5.94. The second-order valence-electron chi connectivity index (χ2n) is 4.50. The molecule has 0 bridgehead atoms. The molecule has 2 rings (SSSR count). The van der Waals surface area contributed by atoms with Gasteiger partial charge in [0, 0.05) is 24.7 Å². The van der Waals surface area contributed by atoms with Crippen LogP contribution in [0.1, 0.15) is 24.8 Å². The molecule has 1 amide bonds. The Bertz CT molecular complexity index is 420. The van der Waals surface area contributed by atoms with Crippen LogP contribution in [0.5, 0.6) is 0 Å². The second kappa shape index (κ2) is 5.17. The second-order valence-corrected chi connectivity index (χ2v) is 4.50. The van der Waals surface area contributed by atoms with Crippen molar-refractivity contribution in [2.24, 2.45) is 0 Å². The summed E-state index contributed by atoms with van der Waals surface area (Å²) in [5.74, 6) is -0.147. The Kier molecular flexibility index (Phi) is 3.61. The lowest BCUT2D eigenvalue weighted by atomic mass is 10.1. The molecule has 17 heavy (non-hydrogen) atoms. The van der Waals surface area contributed by atoms with Crippen molar-refractivity contribution >= 4 is 11.6 Å². The van der Waals surface area contributed by atoms with E-state index in [0.29, 0.717) is 6.42 Å². The maximum absolute atomic E-state index is 13.0. The van der Waals surface area contributed by atoms with Crippen LogP contribution in [0.15, 0.2) is 18.2 Å². The number of carbonyl (C=O) groups excluding carboxylic acids is 1. The first-order chi connectivity index (χ1) is 8.15. The normalized spacial score (nSPS) is 20.6. The molecule has 1 heterocycles. The number of hydrogen-bond acceptors (Lipinski definition) is 2. The summed E-state index contributed by atoms with van der Waals surface area (Å²) in [5, 5.41) is 6.16. The van der Waals surface area contributed by atoms with E-state index in [1.54, 1.807) is 6.07 Å². The Balaban J connectivity index is 2.06. The van der Waals surface area contributed by atoms with Gasteiger partial charge < -0.3 is 10.6 Å². The molecule has 0 radical (unpaired) electrons. The van der Waals surface area contributed by atoms with E-state index in [4.69, 9.17) is 0 Å². The quantitative estimate of drug-likeness (QED) is 0.826. The van der Waals surface area contributed by atoms with Gasteiger partial charge in [-0.3, -0.25) is 4.79 Å². The highest BCUT2D eigenvalue weighted by atomic mass is 19.1. The van der Waals surface area contributed by atoms with Gasteiger partial charge in [0.2, 0.25) is 5.91 Å². The number of nitrogens with one attached hydrogen (secondary N) is 2. The van der Waals surface area contributed by atoms with Gasteiger partial charge in [0.25, 0.3) is 0 Å². The van der Waals surface area contributed by atoms with E-state index < -0.39 is 0 Å². The fourth-order valence-corrected chi connectivity index (χ4v) is 2.11. The van der Waals surface area contributed by atoms with Crippen LogP contribution in [-0.2, 0) is 4.79 Å². The number of amides is 1. The van der Waals surface area contributed by atoms with Crippen LogP contribution in [-0.4, -0.2) is 18.5 Å². The third kappa shape index (κ3) is 3.19. The van der Waals surface area contributed by atoms with E-state index in [9.17, 15) is 9.18 Å². The van der Waals surface area contributed by atoms with Crippen molar-refractivity contribution in [2.75, 3.05) is 11.9 Å². The van der Waals surface area contributed by atoms with E-state index in [1.807, 2.05) is 6.92 Å². The molecular weight excluding hydrogens is 219 g/mol. The summed E-state index contributed by atoms with van der Waals surface area (Å²) in [6.07, 6.45) is 2.41. The van der Waals surface area contributed by atoms with Crippen molar-refractivity contribution in [1.29, 1.82) is 0 Å². The molecule has 1 saturated heterocycles. The van der Waals surface area contributed by atoms with Crippen molar-refractivity contribution in [3.05, 3.63) is 29.6 Å². The van der Waals surface area contributed by atoms with Crippen LogP contribution >= 0.6 is 0 Å². The first-order valence-corrected chi connectivity index (χ1v) is 5.94. The number of carbonyl (C=O) groups is 1. The zero-order valence-electron chi connectivity index (χ0n) is 9.92. The Morgan fingerprint density at radius 1 is 1.47 bits per heavy atom. The molecule has 0 aromatic heterocycles. The molecule has 1 unspecified atom stereocenters. The summed E-state index contributed by atoms with van der Waals surface area (Å²) in [5.41, 5.74) is 1.78. The predicted octanol–water partition coefficient (Wildman–Crippen LogP) is 2.21. The van der Waals surface area contributed by atoms with Gasteiger partial charge in [-0.25, -0.2) is 4.39 Å². The van der Waals surface area contributed by atoms with E-state index in [2.05, 4.69) is 10.6 Å². The molecule has 0 aliphatic carbocycles. The molecule has 1 aliphatic heterocycles. The molecule has 3 nitrogen and oxygen atoms in total. The molecule has 1 atom stereocenters. The fraction of sp³-hybridized carbons (Fsp3) is 0.462. The third-order valence-electron chi connectivity index (χ3n) is 3.03. The minimum Gasteiger partial charge on any atom is -0.382 e. The molecule has 92 valence electrons. The summed E-state index contributed by atoms with van der Waals surface area (Å²) in [6, 6.07) is 4.81. The number of benzene rings is 1. The Labute approximate surface area is 100 Å². The lowest BCUT2D eigenvalue weighted by molar-refractivity contribution is -0.120. The minimum absolute atomic E-state index is 0.0831. The Hall–Kier alpha value is -1.58. The Morgan fingerprint density at radius 3 is 3.06 bits per heavy atom. The van der Waals surface area contributed by atoms with E-state index >= 15 is 0 Å². The first kappa shape index (κ1) is 11.9. The minimum atomic E-state index is -0.230. The van der Waals surface area contributed by atoms with Crippen LogP contribution < -0.4 is 10.6 Å². The van der Waals surface area contributed by atoms with Crippen molar-refractivity contribution < 1.29 is 9.18 Å². The van der Waals surface area contributed by atoms with Gasteiger partial charge in [0.05, 0.1) is 0 Å². The van der Waals surface area contributed by atoms with Gasteiger partial charge in [-0.1, -0.05) is 0 Å². The van der Waals surface area contributed by atoms with E-state index in [0.717, 1.165) is 30.6 Å². The number of anilines is 1. The van der Waals surface area contributed by atoms with Crippen LogP contribution in [0, 0.1) is 12.7 Å². The van der Waals surface area contributed by atoms with Crippen molar-refractivity contribution in [3.63, 3.8) is 0 Å². The highest BCUT2D eigenvalue weighted by Crippen LogP contribution is 2.19. The highest BCUT2D eigenvalue weighted by Gasteiger charge is 2.17. The molecule has 0 saturated carbocycles. The molecule has 2 N–H and O–H groups in total. The molecule has 1 aromatic carbocycles. The summed E-state index contributed by atoms with van der Waals surface area (Å²) < 4.78 is 13.0. The van der Waals surface area contributed by atoms with Gasteiger partial charge >= 0.3 is 0 Å². The molecule has 4 heteroatoms. The van der Waals surface area contributed by atoms with Gasteiger partial charge in [-0.2, -0.15) is 0 Å². The van der Waals surface area contributed by atoms with Gasteiger partial charge in [0.1, 0.15) is 5.82 Å². The summed E-state index contributed by atoms with van der Waals surface area (Å²) >= 11 is 0. The van der Waals surface area contributed by atoms with Crippen LogP contribution in [0.2, 0.25) is 0 Å². The van der Waals surface area contributed by atoms with Crippen LogP contribution in [0.4, 0.5) is 10.1 Å².